The van der Waals surface area contributed by atoms with Crippen molar-refractivity contribution >= 4 is 34.0 Å². The van der Waals surface area contributed by atoms with Crippen molar-refractivity contribution in [1.29, 1.82) is 0 Å². The van der Waals surface area contributed by atoms with E-state index in [0.29, 0.717) is 22.9 Å². The fraction of sp³-hybridized carbons (Fsp3) is 0.150. The monoisotopic (exact) mass is 339 g/mol. The summed E-state index contributed by atoms with van der Waals surface area (Å²) in [5.74, 6) is 0.514. The van der Waals surface area contributed by atoms with Crippen LogP contribution >= 0.6 is 11.6 Å². The van der Waals surface area contributed by atoms with Crippen molar-refractivity contribution in [2.75, 3.05) is 5.32 Å². The first kappa shape index (κ1) is 16.3. The quantitative estimate of drug-likeness (QED) is 0.686. The molecule has 3 aromatic rings. The highest BCUT2D eigenvalue weighted by molar-refractivity contribution is 6.30. The van der Waals surface area contributed by atoms with Crippen LogP contribution in [0.15, 0.2) is 66.7 Å². The Morgan fingerprint density at radius 2 is 1.75 bits per heavy atom. The molecule has 1 amide bonds. The third kappa shape index (κ3) is 3.87. The number of rotatable bonds is 5. The Hall–Kier alpha value is -2.52. The van der Waals surface area contributed by atoms with Gasteiger partial charge >= 0.3 is 0 Å². The van der Waals surface area contributed by atoms with E-state index in [4.69, 9.17) is 16.3 Å². The second-order valence-electron chi connectivity index (χ2n) is 5.52. The molecule has 24 heavy (non-hydrogen) atoms. The molecular formula is C20H18ClNO2. The average molecular weight is 340 g/mol. The standard InChI is InChI=1S/C20H18ClNO2/c1-2-19(20(23)22-17-10-8-16(21)9-11-17)24-18-12-7-14-5-3-4-6-15(14)13-18/h3-13,19H,2H2,1H3,(H,22,23)/t19-/m0/s1. The van der Waals surface area contributed by atoms with Crippen molar-refractivity contribution in [3.8, 4) is 5.75 Å². The number of nitrogens with one attached hydrogen (secondary N) is 1. The Balaban J connectivity index is 1.72. The van der Waals surface area contributed by atoms with Crippen LogP contribution in [0.2, 0.25) is 5.02 Å². The molecule has 0 spiro atoms. The van der Waals surface area contributed by atoms with Crippen LogP contribution in [0, 0.1) is 0 Å². The van der Waals surface area contributed by atoms with Crippen LogP contribution in [-0.2, 0) is 4.79 Å². The largest absolute Gasteiger partial charge is 0.481 e. The van der Waals surface area contributed by atoms with Crippen molar-refractivity contribution in [3.63, 3.8) is 0 Å². The maximum atomic E-state index is 12.4. The van der Waals surface area contributed by atoms with E-state index in [0.717, 1.165) is 10.8 Å². The second kappa shape index (κ2) is 7.37. The SMILES string of the molecule is CC[C@H](Oc1ccc2ccccc2c1)C(=O)Nc1ccc(Cl)cc1. The number of carbonyl (C=O) groups is 1. The molecule has 3 rings (SSSR count). The van der Waals surface area contributed by atoms with Gasteiger partial charge in [-0.3, -0.25) is 4.79 Å². The van der Waals surface area contributed by atoms with Crippen molar-refractivity contribution in [1.82, 2.24) is 0 Å². The number of hydrogen-bond acceptors (Lipinski definition) is 2. The summed E-state index contributed by atoms with van der Waals surface area (Å²) in [6.07, 6.45) is 0.0218. The van der Waals surface area contributed by atoms with Gasteiger partial charge in [0, 0.05) is 10.7 Å². The zero-order valence-corrected chi connectivity index (χ0v) is 14.1. The first-order chi connectivity index (χ1) is 11.7. The number of hydrogen-bond donors (Lipinski definition) is 1. The maximum Gasteiger partial charge on any atom is 0.265 e. The molecule has 0 aliphatic carbocycles. The summed E-state index contributed by atoms with van der Waals surface area (Å²) >= 11 is 5.86. The highest BCUT2D eigenvalue weighted by Gasteiger charge is 2.18. The van der Waals surface area contributed by atoms with E-state index >= 15 is 0 Å². The normalized spacial score (nSPS) is 11.9. The minimum atomic E-state index is -0.554. The molecule has 0 saturated heterocycles. The van der Waals surface area contributed by atoms with E-state index < -0.39 is 6.10 Å². The Labute approximate surface area is 146 Å². The summed E-state index contributed by atoms with van der Waals surface area (Å²) < 4.78 is 5.89. The van der Waals surface area contributed by atoms with Gasteiger partial charge in [0.05, 0.1) is 0 Å². The van der Waals surface area contributed by atoms with Crippen molar-refractivity contribution in [2.45, 2.75) is 19.4 Å². The van der Waals surface area contributed by atoms with Gasteiger partial charge < -0.3 is 10.1 Å². The molecule has 1 N–H and O–H groups in total. The molecular weight excluding hydrogens is 322 g/mol. The fourth-order valence-corrected chi connectivity index (χ4v) is 2.61. The molecule has 3 aromatic carbocycles. The summed E-state index contributed by atoms with van der Waals surface area (Å²) in [7, 11) is 0. The van der Waals surface area contributed by atoms with Crippen LogP contribution in [0.4, 0.5) is 5.69 Å². The number of anilines is 1. The molecule has 4 heteroatoms. The van der Waals surface area contributed by atoms with Crippen molar-refractivity contribution < 1.29 is 9.53 Å². The zero-order chi connectivity index (χ0) is 16.9. The number of ether oxygens (including phenoxy) is 1. The van der Waals surface area contributed by atoms with E-state index in [9.17, 15) is 4.79 Å². The number of amides is 1. The zero-order valence-electron chi connectivity index (χ0n) is 13.3. The predicted octanol–water partition coefficient (Wildman–Crippen LogP) is 5.29. The summed E-state index contributed by atoms with van der Waals surface area (Å²) in [4.78, 5) is 12.4. The first-order valence-electron chi connectivity index (χ1n) is 7.87. The van der Waals surface area contributed by atoms with Gasteiger partial charge in [0.2, 0.25) is 0 Å². The van der Waals surface area contributed by atoms with E-state index in [1.54, 1.807) is 24.3 Å². The molecule has 0 fully saturated rings. The van der Waals surface area contributed by atoms with Gasteiger partial charge in [0.25, 0.3) is 5.91 Å². The van der Waals surface area contributed by atoms with Gasteiger partial charge in [-0.15, -0.1) is 0 Å². The van der Waals surface area contributed by atoms with Crippen LogP contribution in [0.5, 0.6) is 5.75 Å². The fourth-order valence-electron chi connectivity index (χ4n) is 2.48. The third-order valence-corrected chi connectivity index (χ3v) is 4.03. The lowest BCUT2D eigenvalue weighted by Crippen LogP contribution is -2.32. The Morgan fingerprint density at radius 1 is 1.04 bits per heavy atom. The predicted molar refractivity (Wildman–Crippen MR) is 98.7 cm³/mol. The molecule has 1 atom stereocenters. The molecule has 0 radical (unpaired) electrons. The van der Waals surface area contributed by atoms with Crippen molar-refractivity contribution in [3.05, 3.63) is 71.8 Å². The van der Waals surface area contributed by atoms with Gasteiger partial charge in [-0.25, -0.2) is 0 Å². The van der Waals surface area contributed by atoms with Crippen LogP contribution < -0.4 is 10.1 Å². The van der Waals surface area contributed by atoms with Gasteiger partial charge in [-0.1, -0.05) is 48.9 Å². The highest BCUT2D eigenvalue weighted by atomic mass is 35.5. The van der Waals surface area contributed by atoms with E-state index in [-0.39, 0.29) is 5.91 Å². The number of benzene rings is 3. The second-order valence-corrected chi connectivity index (χ2v) is 5.96. The summed E-state index contributed by atoms with van der Waals surface area (Å²) in [6, 6.07) is 20.9. The molecule has 122 valence electrons. The third-order valence-electron chi connectivity index (χ3n) is 3.77. The van der Waals surface area contributed by atoms with Crippen LogP contribution in [0.25, 0.3) is 10.8 Å². The van der Waals surface area contributed by atoms with Gasteiger partial charge in [-0.2, -0.15) is 0 Å². The molecule has 0 heterocycles. The summed E-state index contributed by atoms with van der Waals surface area (Å²) in [6.45, 7) is 1.92. The Bertz CT molecular complexity index is 846. The summed E-state index contributed by atoms with van der Waals surface area (Å²) in [5, 5.41) is 5.72. The van der Waals surface area contributed by atoms with Crippen LogP contribution in [-0.4, -0.2) is 12.0 Å². The Morgan fingerprint density at radius 3 is 2.46 bits per heavy atom. The number of fused-ring (bicyclic) bond motifs is 1. The summed E-state index contributed by atoms with van der Waals surface area (Å²) in [5.41, 5.74) is 0.699. The maximum absolute atomic E-state index is 12.4. The van der Waals surface area contributed by atoms with E-state index in [1.807, 2.05) is 49.4 Å². The minimum absolute atomic E-state index is 0.173. The Kier molecular flexibility index (Phi) is 5.02. The lowest BCUT2D eigenvalue weighted by molar-refractivity contribution is -0.122. The van der Waals surface area contributed by atoms with Gasteiger partial charge in [-0.05, 0) is 53.6 Å². The smallest absolute Gasteiger partial charge is 0.265 e. The highest BCUT2D eigenvalue weighted by Crippen LogP contribution is 2.22. The van der Waals surface area contributed by atoms with Crippen LogP contribution in [0.3, 0.4) is 0 Å². The average Bonchev–Trinajstić information content (AvgIpc) is 2.61. The molecule has 3 nitrogen and oxygen atoms in total. The molecule has 0 saturated carbocycles. The van der Waals surface area contributed by atoms with Crippen molar-refractivity contribution in [2.24, 2.45) is 0 Å². The molecule has 0 aliphatic heterocycles. The van der Waals surface area contributed by atoms with Gasteiger partial charge in [0.15, 0.2) is 6.10 Å². The molecule has 0 aliphatic rings. The van der Waals surface area contributed by atoms with E-state index in [2.05, 4.69) is 5.32 Å². The molecule has 0 bridgehead atoms. The topological polar surface area (TPSA) is 38.3 Å². The van der Waals surface area contributed by atoms with Gasteiger partial charge in [0.1, 0.15) is 5.75 Å². The van der Waals surface area contributed by atoms with E-state index in [1.165, 1.54) is 0 Å². The van der Waals surface area contributed by atoms with Crippen LogP contribution in [0.1, 0.15) is 13.3 Å². The minimum Gasteiger partial charge on any atom is -0.481 e. The number of carbonyl (C=O) groups excluding carboxylic acids is 1. The molecule has 0 unspecified atom stereocenters. The number of halogens is 1. The molecule has 0 aromatic heterocycles. The first-order valence-corrected chi connectivity index (χ1v) is 8.25. The lowest BCUT2D eigenvalue weighted by Gasteiger charge is -2.17. The lowest BCUT2D eigenvalue weighted by atomic mass is 10.1.